The molecule has 244 valence electrons. The first-order valence-corrected chi connectivity index (χ1v) is 15.1. The van der Waals surface area contributed by atoms with E-state index < -0.39 is 40.8 Å². The van der Waals surface area contributed by atoms with E-state index in [9.17, 15) is 24.3 Å². The van der Waals surface area contributed by atoms with Crippen molar-refractivity contribution in [3.63, 3.8) is 0 Å². The van der Waals surface area contributed by atoms with Gasteiger partial charge in [-0.3, -0.25) is 4.79 Å². The molecule has 0 spiro atoms. The highest BCUT2D eigenvalue weighted by molar-refractivity contribution is 5.97. The summed E-state index contributed by atoms with van der Waals surface area (Å²) in [5.74, 6) is 9.60. The molecule has 0 aliphatic heterocycles. The number of alkyl carbamates (subject to hydrolysis) is 1. The monoisotopic (exact) mass is 629 g/mol. The fourth-order valence-electron chi connectivity index (χ4n) is 4.26. The van der Waals surface area contributed by atoms with Gasteiger partial charge >= 0.3 is 18.2 Å². The number of carbonyl (C=O) groups excluding carboxylic acids is 3. The van der Waals surface area contributed by atoms with E-state index in [2.05, 4.69) is 34.3 Å². The molecule has 2 aromatic carbocycles. The van der Waals surface area contributed by atoms with Crippen LogP contribution in [0.3, 0.4) is 0 Å². The van der Waals surface area contributed by atoms with Gasteiger partial charge in [-0.2, -0.15) is 0 Å². The number of ether oxygens (including phenoxy) is 2. The number of carbonyl (C=O) groups is 4. The Morgan fingerprint density at radius 1 is 0.826 bits per heavy atom. The minimum absolute atomic E-state index is 0.218. The summed E-state index contributed by atoms with van der Waals surface area (Å²) in [6.07, 6.45) is 0.867. The first-order chi connectivity index (χ1) is 21.3. The number of hydrogen-bond acceptors (Lipinski definition) is 6. The van der Waals surface area contributed by atoms with Crippen LogP contribution in [0.1, 0.15) is 95.3 Å². The lowest BCUT2D eigenvalue weighted by Crippen LogP contribution is -2.62. The zero-order valence-electron chi connectivity index (χ0n) is 27.7. The normalized spacial score (nSPS) is 13.5. The molecule has 0 radical (unpaired) electrons. The highest BCUT2D eigenvalue weighted by Gasteiger charge is 2.39. The molecule has 3 amide bonds. The maximum Gasteiger partial charge on any atom is 0.410 e. The fraction of sp³-hybridized carbons (Fsp3) is 0.444. The molecule has 3 rings (SSSR count). The van der Waals surface area contributed by atoms with Gasteiger partial charge in [0.1, 0.15) is 17.2 Å². The summed E-state index contributed by atoms with van der Waals surface area (Å²) < 4.78 is 10.8. The van der Waals surface area contributed by atoms with Crippen molar-refractivity contribution in [2.24, 2.45) is 0 Å². The van der Waals surface area contributed by atoms with Gasteiger partial charge in [0, 0.05) is 29.3 Å². The topological polar surface area (TPSA) is 134 Å². The molecule has 1 aliphatic rings. The number of nitrogens with one attached hydrogen (secondary N) is 2. The van der Waals surface area contributed by atoms with E-state index in [-0.39, 0.29) is 17.7 Å². The number of amides is 3. The second kappa shape index (κ2) is 14.4. The third-order valence-electron chi connectivity index (χ3n) is 6.61. The Balaban J connectivity index is 1.58. The molecule has 1 unspecified atom stereocenters. The number of carboxylic acids is 1. The van der Waals surface area contributed by atoms with Crippen molar-refractivity contribution in [3.05, 3.63) is 70.8 Å². The van der Waals surface area contributed by atoms with Gasteiger partial charge in [0.25, 0.3) is 5.91 Å². The van der Waals surface area contributed by atoms with Gasteiger partial charge in [-0.15, -0.1) is 0 Å². The van der Waals surface area contributed by atoms with Crippen molar-refractivity contribution in [3.8, 4) is 23.7 Å². The summed E-state index contributed by atoms with van der Waals surface area (Å²) in [6, 6.07) is 12.7. The Morgan fingerprint density at radius 2 is 1.33 bits per heavy atom. The lowest BCUT2D eigenvalue weighted by molar-refractivity contribution is -0.141. The quantitative estimate of drug-likeness (QED) is 0.330. The molecule has 3 N–H and O–H groups in total. The number of aliphatic carboxylic acids is 1. The van der Waals surface area contributed by atoms with Crippen LogP contribution >= 0.6 is 0 Å². The third-order valence-corrected chi connectivity index (χ3v) is 6.61. The Hall–Kier alpha value is -4.96. The van der Waals surface area contributed by atoms with Crippen LogP contribution in [0.15, 0.2) is 48.5 Å². The molecule has 1 saturated carbocycles. The molecular weight excluding hydrogens is 586 g/mol. The van der Waals surface area contributed by atoms with Crippen LogP contribution in [0, 0.1) is 23.7 Å². The van der Waals surface area contributed by atoms with E-state index in [4.69, 9.17) is 9.47 Å². The highest BCUT2D eigenvalue weighted by atomic mass is 16.6. The number of rotatable bonds is 8. The summed E-state index contributed by atoms with van der Waals surface area (Å²) in [6.45, 7) is 14.1. The lowest BCUT2D eigenvalue weighted by atomic mass is 9.94. The van der Waals surface area contributed by atoms with Crippen molar-refractivity contribution >= 4 is 24.1 Å². The van der Waals surface area contributed by atoms with E-state index >= 15 is 0 Å². The maximum atomic E-state index is 12.9. The maximum absolute atomic E-state index is 12.9. The van der Waals surface area contributed by atoms with Gasteiger partial charge in [0.05, 0.1) is 5.54 Å². The molecule has 10 nitrogen and oxygen atoms in total. The number of benzene rings is 2. The predicted molar refractivity (Wildman–Crippen MR) is 174 cm³/mol. The zero-order chi connectivity index (χ0) is 34.3. The molecular formula is C36H43N3O7. The van der Waals surface area contributed by atoms with Crippen LogP contribution < -0.4 is 10.6 Å². The van der Waals surface area contributed by atoms with Gasteiger partial charge in [-0.1, -0.05) is 24.0 Å². The summed E-state index contributed by atoms with van der Waals surface area (Å²) in [4.78, 5) is 51.5. The summed E-state index contributed by atoms with van der Waals surface area (Å²) in [5.41, 5.74) is -0.0753. The van der Waals surface area contributed by atoms with Crippen molar-refractivity contribution in [2.75, 3.05) is 0 Å². The first kappa shape index (κ1) is 35.5. The highest BCUT2D eigenvalue weighted by Crippen LogP contribution is 2.30. The van der Waals surface area contributed by atoms with Gasteiger partial charge < -0.3 is 30.1 Å². The molecule has 0 heterocycles. The molecule has 1 atom stereocenters. The van der Waals surface area contributed by atoms with Gasteiger partial charge in [-0.25, -0.2) is 14.4 Å². The van der Waals surface area contributed by atoms with E-state index in [0.717, 1.165) is 24.0 Å². The van der Waals surface area contributed by atoms with Crippen molar-refractivity contribution < 1.29 is 33.8 Å². The van der Waals surface area contributed by atoms with Crippen LogP contribution in [0.5, 0.6) is 0 Å². The molecule has 46 heavy (non-hydrogen) atoms. The van der Waals surface area contributed by atoms with E-state index in [1.54, 1.807) is 37.8 Å². The van der Waals surface area contributed by atoms with Gasteiger partial charge in [0.15, 0.2) is 0 Å². The first-order valence-electron chi connectivity index (χ1n) is 15.1. The Bertz CT molecular complexity index is 1550. The minimum Gasteiger partial charge on any atom is -0.480 e. The summed E-state index contributed by atoms with van der Waals surface area (Å²) in [7, 11) is 0. The molecule has 2 aromatic rings. The van der Waals surface area contributed by atoms with Crippen LogP contribution in [-0.4, -0.2) is 62.9 Å². The molecule has 0 bridgehead atoms. The number of carboxylic acid groups (broad SMARTS) is 1. The molecule has 1 aliphatic carbocycles. The fourth-order valence-corrected chi connectivity index (χ4v) is 4.26. The average Bonchev–Trinajstić information content (AvgIpc) is 3.76. The lowest BCUT2D eigenvalue weighted by Gasteiger charge is -2.33. The number of nitrogens with zero attached hydrogens (tertiary/aromatic N) is 1. The van der Waals surface area contributed by atoms with Crippen LogP contribution in [-0.2, 0) is 20.8 Å². The summed E-state index contributed by atoms with van der Waals surface area (Å²) in [5, 5.41) is 14.8. The van der Waals surface area contributed by atoms with Crippen LogP contribution in [0.25, 0.3) is 0 Å². The van der Waals surface area contributed by atoms with Crippen molar-refractivity contribution in [1.29, 1.82) is 0 Å². The molecule has 1 fully saturated rings. The standard InChI is InChI=1S/C36H43N3O7/c1-34(2,3)45-32(43)38-36(7,8)29(31(41)42)37-30(40)27-19-17-25(18-20-27)12-10-9-11-24-13-15-26(16-14-24)23-39(28-21-22-28)33(44)46-35(4,5)6/h13-20,28-29H,21-23H2,1-8H3,(H,37,40)(H,38,43)(H,41,42). The average molecular weight is 630 g/mol. The second-order valence-corrected chi connectivity index (χ2v) is 13.7. The smallest absolute Gasteiger partial charge is 0.410 e. The van der Waals surface area contributed by atoms with Crippen molar-refractivity contribution in [1.82, 2.24) is 15.5 Å². The van der Waals surface area contributed by atoms with Gasteiger partial charge in [0.2, 0.25) is 0 Å². The Kier molecular flexibility index (Phi) is 11.1. The molecule has 0 saturated heterocycles. The van der Waals surface area contributed by atoms with Crippen LogP contribution in [0.4, 0.5) is 9.59 Å². The number of hydrogen-bond donors (Lipinski definition) is 3. The second-order valence-electron chi connectivity index (χ2n) is 13.7. The van der Waals surface area contributed by atoms with Crippen LogP contribution in [0.2, 0.25) is 0 Å². The SMILES string of the molecule is CC(C)(C)OC(=O)NC(C)(C)C(NC(=O)c1ccc(C#CC#Cc2ccc(CN(C(=O)OC(C)(C)C)C3CC3)cc2)cc1)C(=O)O. The molecule has 0 aromatic heterocycles. The largest absolute Gasteiger partial charge is 0.480 e. The third kappa shape index (κ3) is 11.5. The molecule has 10 heteroatoms. The Labute approximate surface area is 271 Å². The predicted octanol–water partition coefficient (Wildman–Crippen LogP) is 5.48. The van der Waals surface area contributed by atoms with Crippen molar-refractivity contribution in [2.45, 2.75) is 104 Å². The minimum atomic E-state index is -1.43. The van der Waals surface area contributed by atoms with E-state index in [1.807, 2.05) is 45.0 Å². The van der Waals surface area contributed by atoms with E-state index in [0.29, 0.717) is 12.1 Å². The van der Waals surface area contributed by atoms with E-state index in [1.165, 1.54) is 26.0 Å². The Morgan fingerprint density at radius 3 is 1.78 bits per heavy atom. The van der Waals surface area contributed by atoms with Gasteiger partial charge in [-0.05, 0) is 122 Å². The zero-order valence-corrected chi connectivity index (χ0v) is 27.7. The summed E-state index contributed by atoms with van der Waals surface area (Å²) >= 11 is 0.